The molecular weight excluding hydrogens is 628 g/mol. The maximum Gasteiger partial charge on any atom is 0.323 e. The summed E-state index contributed by atoms with van der Waals surface area (Å²) in [5.41, 5.74) is 6.42. The molecule has 0 fully saturated rings. The molecular formula is C41H42N4O5. The lowest BCUT2D eigenvalue weighted by molar-refractivity contribution is -0.138. The number of benzene rings is 5. The molecule has 0 aliphatic rings. The first-order chi connectivity index (χ1) is 24.2. The third-order valence-corrected chi connectivity index (χ3v) is 8.61. The van der Waals surface area contributed by atoms with Crippen LogP contribution in [0.1, 0.15) is 53.2 Å². The van der Waals surface area contributed by atoms with Crippen LogP contribution in [0.15, 0.2) is 127 Å². The van der Waals surface area contributed by atoms with Crippen molar-refractivity contribution in [3.8, 4) is 5.75 Å². The minimum Gasteiger partial charge on any atom is -0.495 e. The molecule has 0 radical (unpaired) electrons. The summed E-state index contributed by atoms with van der Waals surface area (Å²) in [4.78, 5) is 40.1. The number of methoxy groups -OCH3 is 1. The van der Waals surface area contributed by atoms with Crippen LogP contribution >= 0.6 is 0 Å². The van der Waals surface area contributed by atoms with Gasteiger partial charge in [0.15, 0.2) is 0 Å². The predicted octanol–water partition coefficient (Wildman–Crippen LogP) is 8.61. The summed E-state index contributed by atoms with van der Waals surface area (Å²) in [6, 6.07) is 39.2. The molecule has 2 atom stereocenters. The number of aliphatic carboxylic acids is 1. The van der Waals surface area contributed by atoms with Crippen LogP contribution in [-0.4, -0.2) is 35.0 Å². The van der Waals surface area contributed by atoms with E-state index in [2.05, 4.69) is 39.9 Å². The minimum atomic E-state index is -0.894. The number of carboxylic acid groups (broad SMARTS) is 1. The van der Waals surface area contributed by atoms with E-state index in [1.165, 1.54) is 7.11 Å². The van der Waals surface area contributed by atoms with Gasteiger partial charge in [-0.05, 0) is 72.0 Å². The topological polar surface area (TPSA) is 120 Å². The number of para-hydroxylation sites is 1. The molecule has 0 aliphatic heterocycles. The number of hydrogen-bond acceptors (Lipinski definition) is 5. The Bertz CT molecular complexity index is 1900. The number of aryl methyl sites for hydroxylation is 1. The van der Waals surface area contributed by atoms with Crippen LogP contribution in [0.2, 0.25) is 0 Å². The summed E-state index contributed by atoms with van der Waals surface area (Å²) >= 11 is 0. The molecule has 50 heavy (non-hydrogen) atoms. The molecule has 5 aromatic carbocycles. The Labute approximate surface area is 292 Å². The second-order valence-electron chi connectivity index (χ2n) is 12.1. The molecule has 5 rings (SSSR count). The second kappa shape index (κ2) is 16.9. The van der Waals surface area contributed by atoms with Gasteiger partial charge in [-0.15, -0.1) is 0 Å². The quantitative estimate of drug-likeness (QED) is 0.0939. The normalized spacial score (nSPS) is 12.1. The van der Waals surface area contributed by atoms with E-state index in [9.17, 15) is 19.5 Å². The lowest BCUT2D eigenvalue weighted by atomic mass is 9.96. The summed E-state index contributed by atoms with van der Waals surface area (Å²) in [5.74, 6) is -0.702. The molecule has 0 aliphatic carbocycles. The number of urea groups is 1. The number of hydrogen-bond donors (Lipinski definition) is 4. The van der Waals surface area contributed by atoms with Gasteiger partial charge in [0.1, 0.15) is 5.75 Å². The lowest BCUT2D eigenvalue weighted by Gasteiger charge is -2.37. The largest absolute Gasteiger partial charge is 0.495 e. The van der Waals surface area contributed by atoms with Gasteiger partial charge in [0.2, 0.25) is 5.91 Å². The van der Waals surface area contributed by atoms with Crippen molar-refractivity contribution in [2.75, 3.05) is 23.1 Å². The standard InChI is InChI=1S/C41H42N4O5/c1-28-12-10-11-17-35(28)43-41(49)44-36-23-18-31(24-38(36)50-3)25-39(46)42-34-21-19-33(20-22-34)37(26-40(47)48)45(27-30-13-6-4-7-14-30)29(2)32-15-8-5-9-16-32/h4-24,29,37H,25-27H2,1-3H3,(H,42,46)(H,47,48)(H2,43,44,49)/t29-,37?/m0/s1. The SMILES string of the molecule is COc1cc(CC(=O)Nc2ccc(C(CC(=O)O)N(Cc3ccccc3)[C@@H](C)c3ccccc3)cc2)ccc1NC(=O)Nc1ccccc1C. The highest BCUT2D eigenvalue weighted by Crippen LogP contribution is 2.35. The van der Waals surface area contributed by atoms with Crippen molar-refractivity contribution in [1.29, 1.82) is 0 Å². The van der Waals surface area contributed by atoms with E-state index in [4.69, 9.17) is 4.74 Å². The number of carbonyl (C=O) groups is 3. The molecule has 0 bridgehead atoms. The van der Waals surface area contributed by atoms with Gasteiger partial charge in [-0.3, -0.25) is 14.5 Å². The van der Waals surface area contributed by atoms with Gasteiger partial charge >= 0.3 is 12.0 Å². The Balaban J connectivity index is 1.27. The van der Waals surface area contributed by atoms with Gasteiger partial charge in [-0.25, -0.2) is 4.79 Å². The second-order valence-corrected chi connectivity index (χ2v) is 12.1. The molecule has 9 heteroatoms. The third kappa shape index (κ3) is 9.58. The van der Waals surface area contributed by atoms with Crippen LogP contribution in [0.4, 0.5) is 21.9 Å². The number of anilines is 3. The predicted molar refractivity (Wildman–Crippen MR) is 197 cm³/mol. The number of carboxylic acids is 1. The van der Waals surface area contributed by atoms with E-state index in [0.29, 0.717) is 34.9 Å². The van der Waals surface area contributed by atoms with Gasteiger partial charge in [0.05, 0.1) is 25.6 Å². The molecule has 0 heterocycles. The number of carbonyl (C=O) groups excluding carboxylic acids is 2. The van der Waals surface area contributed by atoms with Crippen molar-refractivity contribution < 1.29 is 24.2 Å². The molecule has 0 spiro atoms. The lowest BCUT2D eigenvalue weighted by Crippen LogP contribution is -2.32. The summed E-state index contributed by atoms with van der Waals surface area (Å²) in [6.07, 6.45) is -0.00909. The smallest absolute Gasteiger partial charge is 0.323 e. The van der Waals surface area contributed by atoms with Crippen molar-refractivity contribution in [3.63, 3.8) is 0 Å². The van der Waals surface area contributed by atoms with Crippen LogP contribution in [0.5, 0.6) is 5.75 Å². The van der Waals surface area contributed by atoms with Gasteiger partial charge in [-0.1, -0.05) is 97.1 Å². The van der Waals surface area contributed by atoms with E-state index in [1.54, 1.807) is 30.3 Å². The van der Waals surface area contributed by atoms with Crippen LogP contribution in [0.25, 0.3) is 0 Å². The monoisotopic (exact) mass is 670 g/mol. The van der Waals surface area contributed by atoms with Gasteiger partial charge < -0.3 is 25.8 Å². The number of ether oxygens (including phenoxy) is 1. The molecule has 5 aromatic rings. The van der Waals surface area contributed by atoms with Crippen LogP contribution in [0, 0.1) is 6.92 Å². The van der Waals surface area contributed by atoms with Crippen molar-refractivity contribution >= 4 is 35.0 Å². The van der Waals surface area contributed by atoms with Crippen LogP contribution in [-0.2, 0) is 22.6 Å². The molecule has 3 amide bonds. The van der Waals surface area contributed by atoms with Gasteiger partial charge in [-0.2, -0.15) is 0 Å². The molecule has 256 valence electrons. The van der Waals surface area contributed by atoms with Crippen molar-refractivity contribution in [2.24, 2.45) is 0 Å². The highest BCUT2D eigenvalue weighted by molar-refractivity contribution is 6.01. The fourth-order valence-electron chi connectivity index (χ4n) is 5.94. The Kier molecular flexibility index (Phi) is 12.0. The van der Waals surface area contributed by atoms with Crippen molar-refractivity contribution in [2.45, 2.75) is 45.3 Å². The molecule has 1 unspecified atom stereocenters. The number of nitrogens with zero attached hydrogens (tertiary/aromatic N) is 1. The molecule has 9 nitrogen and oxygen atoms in total. The summed E-state index contributed by atoms with van der Waals surface area (Å²) in [5, 5.41) is 18.6. The van der Waals surface area contributed by atoms with E-state index < -0.39 is 18.0 Å². The highest BCUT2D eigenvalue weighted by atomic mass is 16.5. The zero-order valence-corrected chi connectivity index (χ0v) is 28.4. The molecule has 0 saturated carbocycles. The number of amides is 3. The molecule has 0 saturated heterocycles. The summed E-state index contributed by atoms with van der Waals surface area (Å²) < 4.78 is 5.51. The number of rotatable bonds is 14. The first-order valence-corrected chi connectivity index (χ1v) is 16.5. The van der Waals surface area contributed by atoms with Crippen molar-refractivity contribution in [3.05, 3.63) is 155 Å². The molecule has 4 N–H and O–H groups in total. The Morgan fingerprint density at radius 3 is 2.02 bits per heavy atom. The highest BCUT2D eigenvalue weighted by Gasteiger charge is 2.28. The Hall–Kier alpha value is -5.93. The fraction of sp³-hybridized carbons (Fsp3) is 0.195. The summed E-state index contributed by atoms with van der Waals surface area (Å²) in [7, 11) is 1.50. The van der Waals surface area contributed by atoms with E-state index in [1.807, 2.05) is 91.9 Å². The first-order valence-electron chi connectivity index (χ1n) is 16.5. The maximum atomic E-state index is 13.1. The minimum absolute atomic E-state index is 0.0684. The van der Waals surface area contributed by atoms with Gasteiger partial charge in [0.25, 0.3) is 0 Å². The Morgan fingerprint density at radius 1 is 0.720 bits per heavy atom. The zero-order chi connectivity index (χ0) is 35.5. The zero-order valence-electron chi connectivity index (χ0n) is 28.4. The third-order valence-electron chi connectivity index (χ3n) is 8.61. The molecule has 0 aromatic heterocycles. The Morgan fingerprint density at radius 2 is 1.36 bits per heavy atom. The summed E-state index contributed by atoms with van der Waals surface area (Å²) in [6.45, 7) is 4.57. The van der Waals surface area contributed by atoms with Gasteiger partial charge in [0, 0.05) is 30.0 Å². The van der Waals surface area contributed by atoms with Crippen LogP contribution < -0.4 is 20.7 Å². The van der Waals surface area contributed by atoms with Crippen molar-refractivity contribution in [1.82, 2.24) is 4.90 Å². The first kappa shape index (κ1) is 35.4. The average molecular weight is 671 g/mol. The van der Waals surface area contributed by atoms with E-state index >= 15 is 0 Å². The number of nitrogens with one attached hydrogen (secondary N) is 3. The fourth-order valence-corrected chi connectivity index (χ4v) is 5.94. The maximum absolute atomic E-state index is 13.1. The van der Waals surface area contributed by atoms with E-state index in [0.717, 1.165) is 22.3 Å². The van der Waals surface area contributed by atoms with E-state index in [-0.39, 0.29) is 24.8 Å². The average Bonchev–Trinajstić information content (AvgIpc) is 3.12. The van der Waals surface area contributed by atoms with Crippen LogP contribution in [0.3, 0.4) is 0 Å².